The highest BCUT2D eigenvalue weighted by Gasteiger charge is 2.08. The third kappa shape index (κ3) is 10.9. The molecule has 2 rings (SSSR count). The van der Waals surface area contributed by atoms with E-state index in [2.05, 4.69) is 17.6 Å². The molecule has 0 aromatic heterocycles. The Morgan fingerprint density at radius 1 is 1.07 bits per heavy atom. The Balaban J connectivity index is 0.000000576. The molecule has 0 aliphatic rings. The van der Waals surface area contributed by atoms with Crippen LogP contribution in [0.2, 0.25) is 15.1 Å². The van der Waals surface area contributed by atoms with Gasteiger partial charge >= 0.3 is 0 Å². The summed E-state index contributed by atoms with van der Waals surface area (Å²) in [7, 11) is 0. The number of benzene rings is 2. The van der Waals surface area contributed by atoms with E-state index in [0.29, 0.717) is 20.8 Å². The van der Waals surface area contributed by atoms with E-state index in [1.54, 1.807) is 30.3 Å². The van der Waals surface area contributed by atoms with Gasteiger partial charge in [0.25, 0.3) is 0 Å². The van der Waals surface area contributed by atoms with Crippen LogP contribution >= 0.6 is 47.2 Å². The maximum absolute atomic E-state index is 9.62. The topological polar surface area (TPSA) is 127 Å². The Morgan fingerprint density at radius 3 is 2.17 bits per heavy atom. The second kappa shape index (κ2) is 14.0. The summed E-state index contributed by atoms with van der Waals surface area (Å²) in [6.45, 7) is 2.82. The molecule has 0 bridgehead atoms. The highest BCUT2D eigenvalue weighted by atomic mass is 35.5. The molecule has 7 nitrogen and oxygen atoms in total. The summed E-state index contributed by atoms with van der Waals surface area (Å²) in [5.41, 5.74) is 4.99. The number of hydrogen-bond acceptors (Lipinski definition) is 4. The Morgan fingerprint density at radius 2 is 1.66 bits per heavy atom. The fourth-order valence-corrected chi connectivity index (χ4v) is 2.44. The van der Waals surface area contributed by atoms with Gasteiger partial charge in [-0.15, -0.1) is 12.4 Å². The number of halogens is 4. The van der Waals surface area contributed by atoms with Gasteiger partial charge in [-0.05, 0) is 36.8 Å². The summed E-state index contributed by atoms with van der Waals surface area (Å²) in [5.74, 6) is 0.515. The number of aromatic hydroxyl groups is 1. The number of hydrogen-bond donors (Lipinski definition) is 6. The fourth-order valence-electron chi connectivity index (χ4n) is 1.82. The molecule has 0 spiro atoms. The molecule has 11 heteroatoms. The van der Waals surface area contributed by atoms with Gasteiger partial charge in [-0.3, -0.25) is 16.1 Å². The highest BCUT2D eigenvalue weighted by molar-refractivity contribution is 6.35. The molecule has 7 N–H and O–H groups in total. The molecule has 2 aromatic rings. The van der Waals surface area contributed by atoms with Crippen LogP contribution in [-0.4, -0.2) is 23.6 Å². The monoisotopic (exact) mass is 481 g/mol. The van der Waals surface area contributed by atoms with Crippen molar-refractivity contribution in [3.8, 4) is 17.2 Å². The normalized spacial score (nSPS) is 9.38. The lowest BCUT2D eigenvalue weighted by atomic mass is 10.3. The van der Waals surface area contributed by atoms with Crippen molar-refractivity contribution >= 4 is 59.1 Å². The van der Waals surface area contributed by atoms with Gasteiger partial charge in [0.05, 0.1) is 5.02 Å². The summed E-state index contributed by atoms with van der Waals surface area (Å²) < 4.78 is 5.45. The van der Waals surface area contributed by atoms with E-state index < -0.39 is 0 Å². The lowest BCUT2D eigenvalue weighted by molar-refractivity contribution is 0.411. The minimum absolute atomic E-state index is 0. The van der Waals surface area contributed by atoms with Gasteiger partial charge in [-0.25, -0.2) is 0 Å². The highest BCUT2D eigenvalue weighted by Crippen LogP contribution is 2.36. The van der Waals surface area contributed by atoms with Crippen LogP contribution in [0.25, 0.3) is 0 Å². The molecule has 0 saturated heterocycles. The Hall–Kier alpha value is -2.06. The average Bonchev–Trinajstić information content (AvgIpc) is 2.59. The van der Waals surface area contributed by atoms with Crippen LogP contribution in [0.5, 0.6) is 17.2 Å². The van der Waals surface area contributed by atoms with Crippen molar-refractivity contribution in [1.29, 1.82) is 10.8 Å². The predicted octanol–water partition coefficient (Wildman–Crippen LogP) is 5.36. The first-order valence-electron chi connectivity index (χ1n) is 8.27. The molecule has 0 fully saturated rings. The zero-order valence-corrected chi connectivity index (χ0v) is 18.6. The Labute approximate surface area is 190 Å². The fraction of sp³-hybridized carbons (Fsp3) is 0.222. The van der Waals surface area contributed by atoms with Crippen LogP contribution in [0, 0.1) is 10.8 Å². The van der Waals surface area contributed by atoms with E-state index in [0.717, 1.165) is 19.4 Å². The maximum atomic E-state index is 9.62. The molecule has 160 valence electrons. The minimum Gasteiger partial charge on any atom is -0.504 e. The van der Waals surface area contributed by atoms with Crippen LogP contribution in [0.4, 0.5) is 0 Å². The van der Waals surface area contributed by atoms with Crippen molar-refractivity contribution in [3.63, 3.8) is 0 Å². The lowest BCUT2D eigenvalue weighted by Crippen LogP contribution is -2.43. The molecule has 0 atom stereocenters. The standard InChI is InChI=1S/C12H7Cl3O2.C6H15N5.ClH/c13-7-1-3-11(9(15)5-7)17-12-4-2-8(14)6-10(12)16;1-2-3-4-10-6(9)11-5(7)8;/h1-6,16H;2-4H2,1H3,(H6,7,8,9,10,11);1H. The van der Waals surface area contributed by atoms with Gasteiger partial charge in [-0.2, -0.15) is 0 Å². The van der Waals surface area contributed by atoms with Crippen molar-refractivity contribution in [1.82, 2.24) is 10.6 Å². The largest absolute Gasteiger partial charge is 0.504 e. The molecule has 0 aliphatic heterocycles. The van der Waals surface area contributed by atoms with Crippen molar-refractivity contribution in [3.05, 3.63) is 51.5 Å². The van der Waals surface area contributed by atoms with Gasteiger partial charge in [0.2, 0.25) is 0 Å². The first-order chi connectivity index (χ1) is 13.2. The Kier molecular flexibility index (Phi) is 13.0. The minimum atomic E-state index is -0.209. The van der Waals surface area contributed by atoms with Crippen LogP contribution in [-0.2, 0) is 0 Å². The lowest BCUT2D eigenvalue weighted by Gasteiger charge is -2.09. The molecular formula is C18H23Cl4N5O2. The van der Waals surface area contributed by atoms with Crippen LogP contribution in [0.1, 0.15) is 19.8 Å². The second-order valence-electron chi connectivity index (χ2n) is 5.48. The average molecular weight is 483 g/mol. The summed E-state index contributed by atoms with van der Waals surface area (Å²) in [6.07, 6.45) is 2.10. The second-order valence-corrected chi connectivity index (χ2v) is 6.76. The van der Waals surface area contributed by atoms with E-state index in [9.17, 15) is 5.11 Å². The molecule has 0 unspecified atom stereocenters. The van der Waals surface area contributed by atoms with Crippen molar-refractivity contribution in [2.24, 2.45) is 5.73 Å². The Bertz CT molecular complexity index is 771. The van der Waals surface area contributed by atoms with E-state index >= 15 is 0 Å². The van der Waals surface area contributed by atoms with Gasteiger partial charge in [-0.1, -0.05) is 48.1 Å². The maximum Gasteiger partial charge on any atom is 0.195 e. The summed E-state index contributed by atoms with van der Waals surface area (Å²) in [5, 5.41) is 30.0. The molecule has 0 heterocycles. The third-order valence-corrected chi connectivity index (χ3v) is 3.89. The molecule has 0 radical (unpaired) electrons. The third-order valence-electron chi connectivity index (χ3n) is 3.13. The van der Waals surface area contributed by atoms with Gasteiger partial charge < -0.3 is 20.9 Å². The molecule has 0 aliphatic carbocycles. The SMILES string of the molecule is CCCCNC(=N)NC(=N)N.Cl.Oc1cc(Cl)ccc1Oc1ccc(Cl)cc1Cl. The molecule has 2 aromatic carbocycles. The van der Waals surface area contributed by atoms with Crippen molar-refractivity contribution in [2.75, 3.05) is 6.54 Å². The number of ether oxygens (including phenoxy) is 1. The van der Waals surface area contributed by atoms with Crippen LogP contribution in [0.3, 0.4) is 0 Å². The first kappa shape index (κ1) is 26.9. The quantitative estimate of drug-likeness (QED) is 0.194. The van der Waals surface area contributed by atoms with E-state index in [-0.39, 0.29) is 35.8 Å². The van der Waals surface area contributed by atoms with Gasteiger partial charge in [0.1, 0.15) is 5.75 Å². The first-order valence-corrected chi connectivity index (χ1v) is 9.41. The van der Waals surface area contributed by atoms with Crippen LogP contribution < -0.4 is 21.1 Å². The number of nitrogens with one attached hydrogen (secondary N) is 4. The number of nitrogens with two attached hydrogens (primary N) is 1. The van der Waals surface area contributed by atoms with Crippen molar-refractivity contribution in [2.45, 2.75) is 19.8 Å². The predicted molar refractivity (Wildman–Crippen MR) is 123 cm³/mol. The summed E-state index contributed by atoms with van der Waals surface area (Å²) in [6, 6.07) is 9.39. The zero-order valence-electron chi connectivity index (χ0n) is 15.6. The van der Waals surface area contributed by atoms with Crippen LogP contribution in [0.15, 0.2) is 36.4 Å². The number of phenolic OH excluding ortho intramolecular Hbond substituents is 1. The zero-order chi connectivity index (χ0) is 21.1. The summed E-state index contributed by atoms with van der Waals surface area (Å²) in [4.78, 5) is 0. The number of unbranched alkanes of at least 4 members (excludes halogenated alkanes) is 1. The summed E-state index contributed by atoms with van der Waals surface area (Å²) >= 11 is 17.4. The molecule has 29 heavy (non-hydrogen) atoms. The van der Waals surface area contributed by atoms with E-state index in [1.807, 2.05) is 0 Å². The van der Waals surface area contributed by atoms with Crippen molar-refractivity contribution < 1.29 is 9.84 Å². The van der Waals surface area contributed by atoms with E-state index in [4.69, 9.17) is 56.1 Å². The number of guanidine groups is 2. The van der Waals surface area contributed by atoms with E-state index in [1.165, 1.54) is 6.07 Å². The van der Waals surface area contributed by atoms with Gasteiger partial charge in [0.15, 0.2) is 23.4 Å². The van der Waals surface area contributed by atoms with Gasteiger partial charge in [0, 0.05) is 22.7 Å². The number of rotatable bonds is 5. The molecule has 0 amide bonds. The smallest absolute Gasteiger partial charge is 0.195 e. The molecule has 0 saturated carbocycles. The number of phenols is 1. The molecular weight excluding hydrogens is 460 g/mol.